The van der Waals surface area contributed by atoms with Crippen molar-refractivity contribution in [3.8, 4) is 0 Å². The van der Waals surface area contributed by atoms with Crippen molar-refractivity contribution in [2.24, 2.45) is 5.92 Å². The summed E-state index contributed by atoms with van der Waals surface area (Å²) in [7, 11) is 0. The highest BCUT2D eigenvalue weighted by Gasteiger charge is 2.36. The first-order chi connectivity index (χ1) is 8.31. The third-order valence-electron chi connectivity index (χ3n) is 2.75. The third-order valence-corrected chi connectivity index (χ3v) is 3.81. The van der Waals surface area contributed by atoms with Gasteiger partial charge in [-0.1, -0.05) is 26.7 Å². The first-order valence-electron chi connectivity index (χ1n) is 5.56. The number of nitrogens with zero attached hydrogens (tertiary/aromatic N) is 1. The average Bonchev–Trinajstić information content (AvgIpc) is 2.78. The second kappa shape index (κ2) is 5.79. The van der Waals surface area contributed by atoms with Crippen LogP contribution in [0.4, 0.5) is 13.2 Å². The lowest BCUT2D eigenvalue weighted by molar-refractivity contribution is -0.137. The van der Waals surface area contributed by atoms with Crippen LogP contribution in [-0.4, -0.2) is 22.0 Å². The SMILES string of the molecule is CCC(CC)C(O)C(=O)c1cnc(C(F)(F)F)s1. The van der Waals surface area contributed by atoms with Gasteiger partial charge >= 0.3 is 6.18 Å². The quantitative estimate of drug-likeness (QED) is 0.843. The summed E-state index contributed by atoms with van der Waals surface area (Å²) in [5.74, 6) is -0.925. The fraction of sp³-hybridized carbons (Fsp3) is 0.636. The molecule has 0 fully saturated rings. The molecule has 0 aliphatic heterocycles. The molecule has 102 valence electrons. The van der Waals surface area contributed by atoms with Gasteiger partial charge in [0, 0.05) is 6.20 Å². The maximum atomic E-state index is 12.3. The van der Waals surface area contributed by atoms with Gasteiger partial charge in [0.05, 0.1) is 4.88 Å². The smallest absolute Gasteiger partial charge is 0.385 e. The monoisotopic (exact) mass is 281 g/mol. The van der Waals surface area contributed by atoms with E-state index < -0.39 is 23.1 Å². The van der Waals surface area contributed by atoms with Crippen LogP contribution in [0.15, 0.2) is 6.20 Å². The van der Waals surface area contributed by atoms with Gasteiger partial charge in [0.25, 0.3) is 0 Å². The van der Waals surface area contributed by atoms with Crippen LogP contribution < -0.4 is 0 Å². The van der Waals surface area contributed by atoms with E-state index in [-0.39, 0.29) is 22.1 Å². The summed E-state index contributed by atoms with van der Waals surface area (Å²) in [6, 6.07) is 0. The number of thiazole rings is 1. The number of halogens is 3. The number of aromatic nitrogens is 1. The predicted octanol–water partition coefficient (Wildman–Crippen LogP) is 3.14. The Morgan fingerprint density at radius 3 is 2.39 bits per heavy atom. The number of carbonyl (C=O) groups is 1. The Balaban J connectivity index is 2.88. The molecular weight excluding hydrogens is 267 g/mol. The summed E-state index contributed by atoms with van der Waals surface area (Å²) in [6.07, 6.45) is -3.76. The highest BCUT2D eigenvalue weighted by molar-refractivity contribution is 7.13. The fourth-order valence-electron chi connectivity index (χ4n) is 1.61. The standard InChI is InChI=1S/C11H14F3NO2S/c1-3-6(4-2)8(16)9(17)7-5-15-10(18-7)11(12,13)14/h5-6,8,16H,3-4H2,1-2H3. The lowest BCUT2D eigenvalue weighted by Crippen LogP contribution is -2.28. The maximum Gasteiger partial charge on any atom is 0.443 e. The summed E-state index contributed by atoms with van der Waals surface area (Å²) in [6.45, 7) is 3.64. The van der Waals surface area contributed by atoms with Gasteiger partial charge in [0.2, 0.25) is 5.78 Å². The fourth-order valence-corrected chi connectivity index (χ4v) is 2.37. The van der Waals surface area contributed by atoms with E-state index in [1.165, 1.54) is 0 Å². The molecule has 0 saturated heterocycles. The molecule has 0 radical (unpaired) electrons. The highest BCUT2D eigenvalue weighted by atomic mass is 32.1. The van der Waals surface area contributed by atoms with Gasteiger partial charge in [-0.15, -0.1) is 11.3 Å². The van der Waals surface area contributed by atoms with Crippen molar-refractivity contribution in [3.63, 3.8) is 0 Å². The number of hydrogen-bond acceptors (Lipinski definition) is 4. The molecule has 0 aromatic carbocycles. The van der Waals surface area contributed by atoms with Gasteiger partial charge in [-0.3, -0.25) is 4.79 Å². The Bertz CT molecular complexity index is 413. The Kier molecular flexibility index (Phi) is 4.86. The molecule has 1 aromatic heterocycles. The number of alkyl halides is 3. The first-order valence-corrected chi connectivity index (χ1v) is 6.38. The zero-order valence-corrected chi connectivity index (χ0v) is 10.8. The average molecular weight is 281 g/mol. The molecule has 0 spiro atoms. The van der Waals surface area contributed by atoms with Gasteiger partial charge in [-0.25, -0.2) is 4.98 Å². The Labute approximate surface area is 107 Å². The van der Waals surface area contributed by atoms with E-state index in [4.69, 9.17) is 0 Å². The summed E-state index contributed by atoms with van der Waals surface area (Å²) < 4.78 is 37.0. The minimum Gasteiger partial charge on any atom is -0.385 e. The zero-order chi connectivity index (χ0) is 13.9. The van der Waals surface area contributed by atoms with Gasteiger partial charge in [-0.05, 0) is 5.92 Å². The van der Waals surface area contributed by atoms with Crippen LogP contribution in [0.2, 0.25) is 0 Å². The molecule has 1 heterocycles. The first kappa shape index (κ1) is 15.1. The topological polar surface area (TPSA) is 50.2 Å². The molecule has 1 unspecified atom stereocenters. The number of aliphatic hydroxyl groups is 1. The van der Waals surface area contributed by atoms with Crippen molar-refractivity contribution in [1.82, 2.24) is 4.98 Å². The van der Waals surface area contributed by atoms with Crippen LogP contribution in [0.25, 0.3) is 0 Å². The molecule has 0 amide bonds. The minimum atomic E-state index is -4.55. The molecule has 0 bridgehead atoms. The van der Waals surface area contributed by atoms with Gasteiger partial charge in [0.15, 0.2) is 5.01 Å². The molecule has 1 aromatic rings. The minimum absolute atomic E-state index is 0.151. The van der Waals surface area contributed by atoms with Gasteiger partial charge in [-0.2, -0.15) is 13.2 Å². The largest absolute Gasteiger partial charge is 0.443 e. The molecule has 1 N–H and O–H groups in total. The maximum absolute atomic E-state index is 12.3. The van der Waals surface area contributed by atoms with E-state index in [0.717, 1.165) is 6.20 Å². The van der Waals surface area contributed by atoms with Gasteiger partial charge < -0.3 is 5.11 Å². The van der Waals surface area contributed by atoms with Crippen molar-refractivity contribution >= 4 is 17.1 Å². The molecule has 18 heavy (non-hydrogen) atoms. The summed E-state index contributed by atoms with van der Waals surface area (Å²) in [5.41, 5.74) is 0. The van der Waals surface area contributed by atoms with E-state index in [9.17, 15) is 23.1 Å². The van der Waals surface area contributed by atoms with Crippen LogP contribution in [0.5, 0.6) is 0 Å². The zero-order valence-electron chi connectivity index (χ0n) is 9.99. The van der Waals surface area contributed by atoms with Crippen LogP contribution >= 0.6 is 11.3 Å². The molecule has 0 saturated carbocycles. The Morgan fingerprint density at radius 1 is 1.44 bits per heavy atom. The van der Waals surface area contributed by atoms with Crippen LogP contribution in [-0.2, 0) is 6.18 Å². The normalized spacial score (nSPS) is 13.9. The summed E-state index contributed by atoms with van der Waals surface area (Å²) >= 11 is 0.269. The molecule has 0 aliphatic rings. The molecule has 3 nitrogen and oxygen atoms in total. The Morgan fingerprint density at radius 2 is 2.00 bits per heavy atom. The number of ketones is 1. The van der Waals surface area contributed by atoms with Gasteiger partial charge in [0.1, 0.15) is 6.10 Å². The van der Waals surface area contributed by atoms with Crippen LogP contribution in [0, 0.1) is 5.92 Å². The number of Topliss-reactive ketones (excluding diaryl/α,β-unsaturated/α-hetero) is 1. The molecular formula is C11H14F3NO2S. The molecule has 7 heteroatoms. The summed E-state index contributed by atoms with van der Waals surface area (Å²) in [4.78, 5) is 14.8. The number of hydrogen-bond donors (Lipinski definition) is 1. The molecule has 1 rings (SSSR count). The second-order valence-corrected chi connectivity index (χ2v) is 4.94. The third kappa shape index (κ3) is 3.29. The number of carbonyl (C=O) groups excluding carboxylic acids is 1. The van der Waals surface area contributed by atoms with Crippen LogP contribution in [0.3, 0.4) is 0 Å². The summed E-state index contributed by atoms with van der Waals surface area (Å²) in [5, 5.41) is 8.72. The van der Waals surface area contributed by atoms with E-state index in [2.05, 4.69) is 4.98 Å². The lowest BCUT2D eigenvalue weighted by atomic mass is 9.93. The van der Waals surface area contributed by atoms with E-state index in [0.29, 0.717) is 12.8 Å². The van der Waals surface area contributed by atoms with Crippen molar-refractivity contribution in [2.75, 3.05) is 0 Å². The molecule has 1 atom stereocenters. The molecule has 0 aliphatic carbocycles. The van der Waals surface area contributed by atoms with E-state index in [1.807, 2.05) is 13.8 Å². The number of aliphatic hydroxyl groups excluding tert-OH is 1. The number of rotatable bonds is 5. The Hall–Kier alpha value is -0.950. The van der Waals surface area contributed by atoms with Crippen molar-refractivity contribution in [3.05, 3.63) is 16.1 Å². The lowest BCUT2D eigenvalue weighted by Gasteiger charge is -2.17. The van der Waals surface area contributed by atoms with Crippen molar-refractivity contribution in [2.45, 2.75) is 39.0 Å². The van der Waals surface area contributed by atoms with E-state index in [1.54, 1.807) is 0 Å². The van der Waals surface area contributed by atoms with Crippen molar-refractivity contribution < 1.29 is 23.1 Å². The van der Waals surface area contributed by atoms with Crippen molar-refractivity contribution in [1.29, 1.82) is 0 Å². The van der Waals surface area contributed by atoms with E-state index >= 15 is 0 Å². The highest BCUT2D eigenvalue weighted by Crippen LogP contribution is 2.33. The predicted molar refractivity (Wildman–Crippen MR) is 61.5 cm³/mol. The van der Waals surface area contributed by atoms with Crippen LogP contribution in [0.1, 0.15) is 41.4 Å². The second-order valence-electron chi connectivity index (χ2n) is 3.91.